The van der Waals surface area contributed by atoms with Crippen LogP contribution in [-0.4, -0.2) is 24.6 Å². The lowest BCUT2D eigenvalue weighted by molar-refractivity contribution is 0.477. The molecule has 0 radical (unpaired) electrons. The molecule has 0 aliphatic heterocycles. The zero-order chi connectivity index (χ0) is 31.2. The molecule has 10 aromatic rings. The predicted molar refractivity (Wildman–Crippen MR) is 186 cm³/mol. The van der Waals surface area contributed by atoms with E-state index in [1.165, 1.54) is 0 Å². The van der Waals surface area contributed by atoms with E-state index in [1.54, 1.807) is 12.3 Å². The van der Waals surface area contributed by atoms with Crippen molar-refractivity contribution >= 4 is 65.9 Å². The van der Waals surface area contributed by atoms with E-state index in [0.717, 1.165) is 82.9 Å². The van der Waals surface area contributed by atoms with Crippen LogP contribution in [0.3, 0.4) is 0 Å². The molecule has 222 valence electrons. The Kier molecular flexibility index (Phi) is 5.23. The summed E-state index contributed by atoms with van der Waals surface area (Å²) in [6.07, 6.45) is 1.80. The molecule has 0 atom stereocenters. The lowest BCUT2D eigenvalue weighted by atomic mass is 10.0. The molecule has 1 N–H and O–H groups in total. The number of aryl methyl sites for hydroxylation is 1. The van der Waals surface area contributed by atoms with E-state index in [4.69, 9.17) is 13.8 Å². The van der Waals surface area contributed by atoms with Gasteiger partial charge >= 0.3 is 0 Å². The first-order valence-electron chi connectivity index (χ1n) is 15.4. The zero-order valence-corrected chi connectivity index (χ0v) is 25.1. The Bertz CT molecular complexity index is 2880. The summed E-state index contributed by atoms with van der Waals surface area (Å²) in [6, 6.07) is 37.9. The van der Waals surface area contributed by atoms with Gasteiger partial charge in [0.05, 0.1) is 27.9 Å². The summed E-state index contributed by atoms with van der Waals surface area (Å²) in [6.45, 7) is 1.96. The van der Waals surface area contributed by atoms with Gasteiger partial charge in [-0.15, -0.1) is 0 Å². The molecule has 47 heavy (non-hydrogen) atoms. The molecular weight excluding hydrogens is 584 g/mol. The standard InChI is InChI=1S/C40H24N4O3/c1-22-9-12-26-25-13-11-24(21-36(25)47-40(26)42-22)44-31-16-18-35-37(28-20-23(10-17-34(28)46-35)29-7-4-5-19-41-29)38(31)39-32(44)15-14-30(43-39)27-6-2-3-8-33(27)45/h2-21,45H,1H3. The third kappa shape index (κ3) is 3.77. The zero-order valence-electron chi connectivity index (χ0n) is 25.1. The second-order valence-electron chi connectivity index (χ2n) is 11.9. The van der Waals surface area contributed by atoms with Crippen LogP contribution in [0, 0.1) is 6.92 Å². The first kappa shape index (κ1) is 25.8. The van der Waals surface area contributed by atoms with E-state index < -0.39 is 0 Å². The van der Waals surface area contributed by atoms with E-state index in [9.17, 15) is 5.11 Å². The lowest BCUT2D eigenvalue weighted by Gasteiger charge is -2.08. The Hall–Kier alpha value is -6.47. The molecule has 0 aliphatic rings. The minimum Gasteiger partial charge on any atom is -0.507 e. The van der Waals surface area contributed by atoms with E-state index >= 15 is 0 Å². The van der Waals surface area contributed by atoms with Crippen LogP contribution in [0.1, 0.15) is 5.69 Å². The molecule has 0 fully saturated rings. The summed E-state index contributed by atoms with van der Waals surface area (Å²) < 4.78 is 14.9. The van der Waals surface area contributed by atoms with Crippen molar-refractivity contribution in [3.05, 3.63) is 127 Å². The Labute approximate surface area is 267 Å². The van der Waals surface area contributed by atoms with Gasteiger partial charge in [-0.05, 0) is 97.9 Å². The Morgan fingerprint density at radius 2 is 1.47 bits per heavy atom. The number of aromatic nitrogens is 4. The van der Waals surface area contributed by atoms with Gasteiger partial charge in [-0.2, -0.15) is 0 Å². The van der Waals surface area contributed by atoms with Crippen LogP contribution in [0.5, 0.6) is 5.75 Å². The molecule has 0 aliphatic carbocycles. The average molecular weight is 609 g/mol. The van der Waals surface area contributed by atoms with Crippen molar-refractivity contribution in [1.29, 1.82) is 0 Å². The average Bonchev–Trinajstić information content (AvgIpc) is 3.76. The van der Waals surface area contributed by atoms with E-state index in [2.05, 4.69) is 57.0 Å². The third-order valence-corrected chi connectivity index (χ3v) is 9.07. The fourth-order valence-corrected chi connectivity index (χ4v) is 6.92. The van der Waals surface area contributed by atoms with Crippen LogP contribution in [-0.2, 0) is 0 Å². The molecule has 7 nitrogen and oxygen atoms in total. The second kappa shape index (κ2) is 9.52. The number of fused-ring (bicyclic) bond motifs is 10. The van der Waals surface area contributed by atoms with Gasteiger partial charge < -0.3 is 18.5 Å². The molecule has 4 aromatic carbocycles. The third-order valence-electron chi connectivity index (χ3n) is 9.07. The smallest absolute Gasteiger partial charge is 0.227 e. The predicted octanol–water partition coefficient (Wildman–Crippen LogP) is 10.1. The summed E-state index contributed by atoms with van der Waals surface area (Å²) in [5.74, 6) is 0.182. The van der Waals surface area contributed by atoms with Crippen molar-refractivity contribution in [2.24, 2.45) is 0 Å². The molecular formula is C40H24N4O3. The minimum absolute atomic E-state index is 0.182. The van der Waals surface area contributed by atoms with Crippen LogP contribution in [0.2, 0.25) is 0 Å². The quantitative estimate of drug-likeness (QED) is 0.215. The largest absolute Gasteiger partial charge is 0.507 e. The maximum atomic E-state index is 10.7. The molecule has 10 rings (SSSR count). The SMILES string of the molecule is Cc1ccc2c(n1)oc1cc(-n3c4ccc(-c5ccccc5O)nc4c4c5c(ccc43)oc3ccc(-c4ccccn4)cc35)ccc12. The van der Waals surface area contributed by atoms with Crippen molar-refractivity contribution in [3.63, 3.8) is 0 Å². The second-order valence-corrected chi connectivity index (χ2v) is 11.9. The van der Waals surface area contributed by atoms with E-state index in [-0.39, 0.29) is 5.75 Å². The Balaban J connectivity index is 1.31. The maximum absolute atomic E-state index is 10.7. The Morgan fingerprint density at radius 1 is 0.617 bits per heavy atom. The summed E-state index contributed by atoms with van der Waals surface area (Å²) in [7, 11) is 0. The highest BCUT2D eigenvalue weighted by molar-refractivity contribution is 6.27. The molecule has 6 aromatic heterocycles. The minimum atomic E-state index is 0.182. The summed E-state index contributed by atoms with van der Waals surface area (Å²) in [5.41, 5.74) is 10.8. The summed E-state index contributed by atoms with van der Waals surface area (Å²) >= 11 is 0. The molecule has 6 heterocycles. The van der Waals surface area contributed by atoms with Crippen molar-refractivity contribution in [2.45, 2.75) is 6.92 Å². The number of para-hydroxylation sites is 1. The highest BCUT2D eigenvalue weighted by Crippen LogP contribution is 2.43. The number of phenolic OH excluding ortho intramolecular Hbond substituents is 1. The van der Waals surface area contributed by atoms with Crippen LogP contribution in [0.15, 0.2) is 130 Å². The molecule has 0 bridgehead atoms. The number of hydrogen-bond acceptors (Lipinski definition) is 6. The maximum Gasteiger partial charge on any atom is 0.227 e. The topological polar surface area (TPSA) is 90.1 Å². The summed E-state index contributed by atoms with van der Waals surface area (Å²) in [4.78, 5) is 14.4. The summed E-state index contributed by atoms with van der Waals surface area (Å²) in [5, 5.41) is 15.7. The van der Waals surface area contributed by atoms with Crippen LogP contribution in [0.25, 0.3) is 94.1 Å². The van der Waals surface area contributed by atoms with Crippen LogP contribution in [0.4, 0.5) is 0 Å². The molecule has 7 heteroatoms. The lowest BCUT2D eigenvalue weighted by Crippen LogP contribution is -1.94. The van der Waals surface area contributed by atoms with Gasteiger partial charge in [0.15, 0.2) is 0 Å². The monoisotopic (exact) mass is 608 g/mol. The highest BCUT2D eigenvalue weighted by Gasteiger charge is 2.22. The molecule has 0 amide bonds. The molecule has 0 spiro atoms. The number of benzene rings is 4. The number of phenols is 1. The van der Waals surface area contributed by atoms with Crippen LogP contribution < -0.4 is 0 Å². The van der Waals surface area contributed by atoms with Gasteiger partial charge in [-0.25, -0.2) is 9.97 Å². The molecule has 0 saturated carbocycles. The first-order valence-corrected chi connectivity index (χ1v) is 15.4. The van der Waals surface area contributed by atoms with Gasteiger partial charge in [0, 0.05) is 61.7 Å². The number of furan rings is 2. The fraction of sp³-hybridized carbons (Fsp3) is 0.0250. The first-order chi connectivity index (χ1) is 23.1. The van der Waals surface area contributed by atoms with E-state index in [1.807, 2.05) is 73.7 Å². The highest BCUT2D eigenvalue weighted by atomic mass is 16.3. The Morgan fingerprint density at radius 3 is 2.36 bits per heavy atom. The fourth-order valence-electron chi connectivity index (χ4n) is 6.92. The number of pyridine rings is 3. The van der Waals surface area contributed by atoms with Crippen LogP contribution >= 0.6 is 0 Å². The van der Waals surface area contributed by atoms with Gasteiger partial charge in [-0.1, -0.05) is 18.2 Å². The van der Waals surface area contributed by atoms with Crippen molar-refractivity contribution in [3.8, 4) is 34.0 Å². The number of nitrogens with zero attached hydrogens (tertiary/aromatic N) is 4. The molecule has 0 saturated heterocycles. The number of rotatable bonds is 3. The van der Waals surface area contributed by atoms with Gasteiger partial charge in [0.1, 0.15) is 22.5 Å². The number of hydrogen-bond donors (Lipinski definition) is 1. The van der Waals surface area contributed by atoms with Gasteiger partial charge in [0.2, 0.25) is 5.71 Å². The van der Waals surface area contributed by atoms with Gasteiger partial charge in [0.25, 0.3) is 0 Å². The van der Waals surface area contributed by atoms with Gasteiger partial charge in [-0.3, -0.25) is 4.98 Å². The van der Waals surface area contributed by atoms with Crippen molar-refractivity contribution < 1.29 is 13.9 Å². The van der Waals surface area contributed by atoms with Crippen molar-refractivity contribution in [2.75, 3.05) is 0 Å². The number of aromatic hydroxyl groups is 1. The van der Waals surface area contributed by atoms with E-state index in [0.29, 0.717) is 17.0 Å². The normalized spacial score (nSPS) is 12.0. The van der Waals surface area contributed by atoms with Crippen molar-refractivity contribution in [1.82, 2.24) is 19.5 Å². The molecule has 0 unspecified atom stereocenters.